The third-order valence-electron chi connectivity index (χ3n) is 5.58. The van der Waals surface area contributed by atoms with E-state index >= 15 is 0 Å². The lowest BCUT2D eigenvalue weighted by atomic mass is 10.0. The molecule has 0 saturated heterocycles. The molecule has 1 heterocycles. The Morgan fingerprint density at radius 3 is 2.21 bits per heavy atom. The van der Waals surface area contributed by atoms with Crippen LogP contribution in [0.2, 0.25) is 0 Å². The summed E-state index contributed by atoms with van der Waals surface area (Å²) in [5.74, 6) is 0.343. The van der Waals surface area contributed by atoms with E-state index in [0.29, 0.717) is 11.5 Å². The zero-order valence-electron chi connectivity index (χ0n) is 15.4. The average Bonchev–Trinajstić information content (AvgIpc) is 3.30. The van der Waals surface area contributed by atoms with E-state index in [4.69, 9.17) is 9.84 Å². The van der Waals surface area contributed by atoms with Crippen LogP contribution in [0.25, 0.3) is 10.8 Å². The van der Waals surface area contributed by atoms with E-state index in [1.807, 2.05) is 97.1 Å². The van der Waals surface area contributed by atoms with Crippen LogP contribution in [0.15, 0.2) is 102 Å². The van der Waals surface area contributed by atoms with Gasteiger partial charge in [0.25, 0.3) is 5.72 Å². The summed E-state index contributed by atoms with van der Waals surface area (Å²) in [5.41, 5.74) is 1.80. The van der Waals surface area contributed by atoms with Gasteiger partial charge in [0.15, 0.2) is 0 Å². The number of nitrogens with zero attached hydrogens (tertiary/aromatic N) is 2. The summed E-state index contributed by atoms with van der Waals surface area (Å²) in [6, 6.07) is 31.2. The Labute approximate surface area is 167 Å². The van der Waals surface area contributed by atoms with Crippen molar-refractivity contribution in [1.82, 2.24) is 0 Å². The molecule has 4 aromatic rings. The molecule has 0 aromatic heterocycles. The second kappa shape index (κ2) is 5.79. The lowest BCUT2D eigenvalue weighted by molar-refractivity contribution is 0.0490. The first-order chi connectivity index (χ1) is 14.3. The maximum atomic E-state index is 13.8. The lowest BCUT2D eigenvalue weighted by Gasteiger charge is -2.32. The van der Waals surface area contributed by atoms with Crippen molar-refractivity contribution < 1.29 is 9.53 Å². The molecule has 1 unspecified atom stereocenters. The third kappa shape index (κ3) is 2.08. The normalized spacial score (nSPS) is 19.7. The van der Waals surface area contributed by atoms with Gasteiger partial charge < -0.3 is 4.74 Å². The van der Waals surface area contributed by atoms with Crippen LogP contribution in [0.4, 0.5) is 5.69 Å². The molecule has 0 amide bonds. The van der Waals surface area contributed by atoms with Gasteiger partial charge in [0.2, 0.25) is 11.7 Å². The van der Waals surface area contributed by atoms with E-state index in [9.17, 15) is 4.79 Å². The fourth-order valence-corrected chi connectivity index (χ4v) is 4.30. The summed E-state index contributed by atoms with van der Waals surface area (Å²) in [7, 11) is 0. The van der Waals surface area contributed by atoms with E-state index in [0.717, 1.165) is 27.6 Å². The van der Waals surface area contributed by atoms with Crippen LogP contribution < -0.4 is 5.01 Å². The molecule has 1 aliphatic carbocycles. The number of hydrogen-bond acceptors (Lipinski definition) is 4. The molecule has 6 rings (SSSR count). The number of hydrazone groups is 1. The van der Waals surface area contributed by atoms with Gasteiger partial charge >= 0.3 is 0 Å². The van der Waals surface area contributed by atoms with Crippen molar-refractivity contribution in [2.24, 2.45) is 5.10 Å². The Hall–Kier alpha value is -3.92. The molecule has 0 bridgehead atoms. The maximum Gasteiger partial charge on any atom is 0.294 e. The minimum atomic E-state index is -1.34. The Morgan fingerprint density at radius 2 is 1.45 bits per heavy atom. The molecule has 1 spiro atoms. The van der Waals surface area contributed by atoms with Gasteiger partial charge in [-0.25, -0.2) is 5.01 Å². The van der Waals surface area contributed by atoms with Crippen LogP contribution in [-0.4, -0.2) is 11.7 Å². The number of anilines is 1. The lowest BCUT2D eigenvalue weighted by Crippen LogP contribution is -2.46. The highest BCUT2D eigenvalue weighted by atomic mass is 16.6. The van der Waals surface area contributed by atoms with Crippen LogP contribution in [0, 0.1) is 0 Å². The topological polar surface area (TPSA) is 41.9 Å². The molecule has 4 aromatic carbocycles. The van der Waals surface area contributed by atoms with Gasteiger partial charge in [0.05, 0.1) is 5.69 Å². The minimum absolute atomic E-state index is 0.0946. The van der Waals surface area contributed by atoms with Crippen molar-refractivity contribution in [2.75, 3.05) is 5.01 Å². The summed E-state index contributed by atoms with van der Waals surface area (Å²) in [4.78, 5) is 13.8. The Balaban J connectivity index is 1.63. The maximum absolute atomic E-state index is 13.8. The molecule has 4 heteroatoms. The molecule has 138 valence electrons. The van der Waals surface area contributed by atoms with Crippen molar-refractivity contribution >= 4 is 28.1 Å². The smallest absolute Gasteiger partial charge is 0.294 e. The van der Waals surface area contributed by atoms with Crippen molar-refractivity contribution in [3.8, 4) is 0 Å². The Morgan fingerprint density at radius 1 is 0.759 bits per heavy atom. The van der Waals surface area contributed by atoms with Crippen LogP contribution in [-0.2, 0) is 10.5 Å². The summed E-state index contributed by atoms with van der Waals surface area (Å²) >= 11 is 0. The second-order valence-corrected chi connectivity index (χ2v) is 7.20. The molecule has 1 aliphatic heterocycles. The number of carbonyl (C=O) groups is 1. The fraction of sp³-hybridized carbons (Fsp3) is 0.0400. The SMILES string of the molecule is O=C1c2cccc3cccc(c23)C12OC(c1ccccc1)=NN2c1ccccc1. The highest BCUT2D eigenvalue weighted by Crippen LogP contribution is 2.50. The third-order valence-corrected chi connectivity index (χ3v) is 5.58. The van der Waals surface area contributed by atoms with Crippen LogP contribution in [0.3, 0.4) is 0 Å². The number of para-hydroxylation sites is 1. The number of ketones is 1. The van der Waals surface area contributed by atoms with Gasteiger partial charge in [-0.15, -0.1) is 5.10 Å². The monoisotopic (exact) mass is 376 g/mol. The first-order valence-corrected chi connectivity index (χ1v) is 9.54. The van der Waals surface area contributed by atoms with Crippen LogP contribution in [0.5, 0.6) is 0 Å². The highest BCUT2D eigenvalue weighted by molar-refractivity contribution is 6.22. The first kappa shape index (κ1) is 16.1. The van der Waals surface area contributed by atoms with Crippen LogP contribution >= 0.6 is 0 Å². The molecule has 4 nitrogen and oxygen atoms in total. The Kier molecular flexibility index (Phi) is 3.21. The van der Waals surface area contributed by atoms with E-state index in [-0.39, 0.29) is 5.78 Å². The van der Waals surface area contributed by atoms with Gasteiger partial charge in [-0.2, -0.15) is 0 Å². The first-order valence-electron chi connectivity index (χ1n) is 9.54. The largest absolute Gasteiger partial charge is 0.435 e. The highest BCUT2D eigenvalue weighted by Gasteiger charge is 2.58. The Bertz CT molecular complexity index is 1290. The number of fused-ring (bicyclic) bond motifs is 1. The molecule has 29 heavy (non-hydrogen) atoms. The second-order valence-electron chi connectivity index (χ2n) is 7.20. The van der Waals surface area contributed by atoms with E-state index in [1.165, 1.54) is 0 Å². The molecule has 1 atom stereocenters. The number of hydrogen-bond donors (Lipinski definition) is 0. The summed E-state index contributed by atoms with van der Waals surface area (Å²) in [6.45, 7) is 0. The number of carbonyl (C=O) groups excluding carboxylic acids is 1. The van der Waals surface area contributed by atoms with Crippen molar-refractivity contribution in [1.29, 1.82) is 0 Å². The predicted octanol–water partition coefficient (Wildman–Crippen LogP) is 5.09. The average molecular weight is 376 g/mol. The van der Waals surface area contributed by atoms with Crippen molar-refractivity contribution in [3.63, 3.8) is 0 Å². The van der Waals surface area contributed by atoms with Gasteiger partial charge in [0.1, 0.15) is 0 Å². The molecular formula is C25H16N2O2. The zero-order chi connectivity index (χ0) is 19.4. The summed E-state index contributed by atoms with van der Waals surface area (Å²) < 4.78 is 6.47. The van der Waals surface area contributed by atoms with E-state index < -0.39 is 5.72 Å². The molecule has 0 saturated carbocycles. The van der Waals surface area contributed by atoms with Gasteiger partial charge in [-0.3, -0.25) is 4.79 Å². The number of benzene rings is 4. The zero-order valence-corrected chi connectivity index (χ0v) is 15.4. The molecule has 0 N–H and O–H groups in total. The molecule has 2 aliphatic rings. The van der Waals surface area contributed by atoms with Crippen molar-refractivity contribution in [2.45, 2.75) is 5.72 Å². The summed E-state index contributed by atoms with van der Waals surface area (Å²) in [5, 5.41) is 8.48. The summed E-state index contributed by atoms with van der Waals surface area (Å²) in [6.07, 6.45) is 0. The van der Waals surface area contributed by atoms with Gasteiger partial charge in [-0.05, 0) is 29.7 Å². The molecular weight excluding hydrogens is 360 g/mol. The number of rotatable bonds is 2. The van der Waals surface area contributed by atoms with E-state index in [1.54, 1.807) is 5.01 Å². The van der Waals surface area contributed by atoms with E-state index in [2.05, 4.69) is 0 Å². The standard InChI is InChI=1S/C25H16N2O2/c28-23-20-15-7-11-17-12-8-16-21(22(17)20)25(23)27(19-13-5-2-6-14-19)26-24(29-25)18-9-3-1-4-10-18/h1-16H. The fourth-order valence-electron chi connectivity index (χ4n) is 4.30. The van der Waals surface area contributed by atoms with Gasteiger partial charge in [0, 0.05) is 22.1 Å². The predicted molar refractivity (Wildman–Crippen MR) is 113 cm³/mol. The van der Waals surface area contributed by atoms with Crippen molar-refractivity contribution in [3.05, 3.63) is 114 Å². The minimum Gasteiger partial charge on any atom is -0.435 e. The van der Waals surface area contributed by atoms with Gasteiger partial charge in [-0.1, -0.05) is 72.8 Å². The quantitative estimate of drug-likeness (QED) is 0.489. The number of Topliss-reactive ketones (excluding diaryl/α,β-unsaturated/α-hetero) is 1. The van der Waals surface area contributed by atoms with Crippen LogP contribution in [0.1, 0.15) is 21.5 Å². The number of ether oxygens (including phenoxy) is 1. The molecule has 0 fully saturated rings. The molecule has 0 radical (unpaired) electrons.